The van der Waals surface area contributed by atoms with E-state index in [1.165, 1.54) is 11.8 Å². The molecule has 0 saturated carbocycles. The third kappa shape index (κ3) is 3.97. The molecule has 0 atom stereocenters. The quantitative estimate of drug-likeness (QED) is 0.477. The van der Waals surface area contributed by atoms with Crippen LogP contribution < -0.4 is 10.1 Å². The molecule has 0 bridgehead atoms. The Bertz CT molecular complexity index is 565. The Morgan fingerprint density at radius 2 is 2.11 bits per heavy atom. The summed E-state index contributed by atoms with van der Waals surface area (Å²) < 4.78 is 6.88. The second kappa shape index (κ2) is 6.95. The van der Waals surface area contributed by atoms with Crippen molar-refractivity contribution in [2.24, 2.45) is 0 Å². The molecule has 19 heavy (non-hydrogen) atoms. The van der Waals surface area contributed by atoms with Gasteiger partial charge in [-0.15, -0.1) is 0 Å². The van der Waals surface area contributed by atoms with Gasteiger partial charge in [0.15, 0.2) is 5.16 Å². The summed E-state index contributed by atoms with van der Waals surface area (Å²) in [6, 6.07) is 9.66. The lowest BCUT2D eigenvalue weighted by atomic mass is 10.3. The van der Waals surface area contributed by atoms with Gasteiger partial charge in [-0.25, -0.2) is 4.98 Å². The summed E-state index contributed by atoms with van der Waals surface area (Å²) in [4.78, 5) is 8.72. The molecule has 0 spiro atoms. The molecule has 0 aliphatic carbocycles. The summed E-state index contributed by atoms with van der Waals surface area (Å²) in [5.74, 6) is 2.14. The fourth-order valence-corrected chi connectivity index (χ4v) is 2.33. The molecule has 0 radical (unpaired) electrons. The standard InChI is InChI=1S/C13H14IN3OS/c1-3-15-11-8-12(17-13(16-11)19-2)18-10-7-5-4-6-9(10)14/h4-8H,3H2,1-2H3,(H,15,16,17). The number of anilines is 1. The fourth-order valence-electron chi connectivity index (χ4n) is 1.46. The van der Waals surface area contributed by atoms with E-state index in [9.17, 15) is 0 Å². The van der Waals surface area contributed by atoms with E-state index < -0.39 is 0 Å². The van der Waals surface area contributed by atoms with E-state index in [2.05, 4.69) is 37.9 Å². The van der Waals surface area contributed by atoms with Crippen LogP contribution in [0.25, 0.3) is 0 Å². The first-order valence-electron chi connectivity index (χ1n) is 5.82. The Kier molecular flexibility index (Phi) is 5.26. The van der Waals surface area contributed by atoms with Crippen LogP contribution in [0.2, 0.25) is 0 Å². The Morgan fingerprint density at radius 3 is 2.79 bits per heavy atom. The molecule has 2 rings (SSSR count). The average Bonchev–Trinajstić information content (AvgIpc) is 2.41. The third-order valence-electron chi connectivity index (χ3n) is 2.27. The molecule has 0 aliphatic rings. The third-order valence-corrected chi connectivity index (χ3v) is 3.71. The van der Waals surface area contributed by atoms with Crippen LogP contribution in [-0.2, 0) is 0 Å². The van der Waals surface area contributed by atoms with Gasteiger partial charge in [0.25, 0.3) is 0 Å². The van der Waals surface area contributed by atoms with Gasteiger partial charge in [0.1, 0.15) is 11.6 Å². The van der Waals surface area contributed by atoms with E-state index >= 15 is 0 Å². The summed E-state index contributed by atoms with van der Waals surface area (Å²) in [6.07, 6.45) is 1.95. The van der Waals surface area contributed by atoms with Gasteiger partial charge in [-0.2, -0.15) is 4.98 Å². The Labute approximate surface area is 130 Å². The molecule has 4 nitrogen and oxygen atoms in total. The summed E-state index contributed by atoms with van der Waals surface area (Å²) in [5, 5.41) is 3.87. The zero-order chi connectivity index (χ0) is 13.7. The van der Waals surface area contributed by atoms with Crippen molar-refractivity contribution in [1.29, 1.82) is 0 Å². The lowest BCUT2D eigenvalue weighted by molar-refractivity contribution is 0.453. The maximum atomic E-state index is 5.83. The summed E-state index contributed by atoms with van der Waals surface area (Å²) in [6.45, 7) is 2.84. The van der Waals surface area contributed by atoms with Crippen LogP contribution in [-0.4, -0.2) is 22.8 Å². The van der Waals surface area contributed by atoms with Gasteiger partial charge in [-0.05, 0) is 47.9 Å². The number of nitrogens with zero attached hydrogens (tertiary/aromatic N) is 2. The van der Waals surface area contributed by atoms with Crippen LogP contribution >= 0.6 is 34.4 Å². The van der Waals surface area contributed by atoms with Crippen molar-refractivity contribution >= 4 is 40.2 Å². The van der Waals surface area contributed by atoms with Crippen LogP contribution in [0.4, 0.5) is 5.82 Å². The van der Waals surface area contributed by atoms with Crippen LogP contribution in [0.5, 0.6) is 11.6 Å². The highest BCUT2D eigenvalue weighted by Gasteiger charge is 2.07. The molecule has 0 amide bonds. The van der Waals surface area contributed by atoms with Gasteiger partial charge < -0.3 is 10.1 Å². The number of nitrogens with one attached hydrogen (secondary N) is 1. The molecule has 0 saturated heterocycles. The van der Waals surface area contributed by atoms with E-state index in [0.717, 1.165) is 21.7 Å². The highest BCUT2D eigenvalue weighted by Crippen LogP contribution is 2.27. The fraction of sp³-hybridized carbons (Fsp3) is 0.231. The van der Waals surface area contributed by atoms with Crippen molar-refractivity contribution in [2.75, 3.05) is 18.1 Å². The number of rotatable bonds is 5. The molecule has 6 heteroatoms. The van der Waals surface area contributed by atoms with Crippen LogP contribution in [0.3, 0.4) is 0 Å². The molecule has 1 aromatic carbocycles. The monoisotopic (exact) mass is 387 g/mol. The number of aromatic nitrogens is 2. The van der Waals surface area contributed by atoms with E-state index in [1.807, 2.05) is 43.5 Å². The zero-order valence-electron chi connectivity index (χ0n) is 10.7. The smallest absolute Gasteiger partial charge is 0.225 e. The largest absolute Gasteiger partial charge is 0.438 e. The van der Waals surface area contributed by atoms with Gasteiger partial charge in [0.05, 0.1) is 3.57 Å². The summed E-state index contributed by atoms with van der Waals surface area (Å²) in [7, 11) is 0. The van der Waals surface area contributed by atoms with Gasteiger partial charge in [0, 0.05) is 12.6 Å². The van der Waals surface area contributed by atoms with Gasteiger partial charge in [0.2, 0.25) is 5.88 Å². The maximum Gasteiger partial charge on any atom is 0.225 e. The average molecular weight is 387 g/mol. The van der Waals surface area contributed by atoms with Crippen molar-refractivity contribution < 1.29 is 4.74 Å². The highest BCUT2D eigenvalue weighted by molar-refractivity contribution is 14.1. The molecule has 0 unspecified atom stereocenters. The number of benzene rings is 1. The molecule has 0 aliphatic heterocycles. The van der Waals surface area contributed by atoms with Crippen LogP contribution in [0.1, 0.15) is 6.92 Å². The normalized spacial score (nSPS) is 10.3. The zero-order valence-corrected chi connectivity index (χ0v) is 13.7. The number of thioether (sulfide) groups is 1. The van der Waals surface area contributed by atoms with Crippen LogP contribution in [0, 0.1) is 3.57 Å². The number of hydrogen-bond donors (Lipinski definition) is 1. The highest BCUT2D eigenvalue weighted by atomic mass is 127. The molecule has 1 heterocycles. The number of para-hydroxylation sites is 1. The molecular weight excluding hydrogens is 373 g/mol. The molecule has 1 aromatic heterocycles. The first-order chi connectivity index (χ1) is 9.22. The van der Waals surface area contributed by atoms with Crippen molar-refractivity contribution in [2.45, 2.75) is 12.1 Å². The number of halogens is 1. The van der Waals surface area contributed by atoms with Crippen molar-refractivity contribution in [3.05, 3.63) is 33.9 Å². The lowest BCUT2D eigenvalue weighted by Crippen LogP contribution is -2.02. The topological polar surface area (TPSA) is 47.0 Å². The minimum atomic E-state index is 0.555. The van der Waals surface area contributed by atoms with E-state index in [1.54, 1.807) is 0 Å². The van der Waals surface area contributed by atoms with E-state index in [0.29, 0.717) is 11.0 Å². The minimum absolute atomic E-state index is 0.555. The van der Waals surface area contributed by atoms with Gasteiger partial charge in [-0.3, -0.25) is 0 Å². The first-order valence-corrected chi connectivity index (χ1v) is 8.12. The predicted octanol–water partition coefficient (Wildman–Crippen LogP) is 4.03. The molecule has 2 aromatic rings. The molecule has 1 N–H and O–H groups in total. The van der Waals surface area contributed by atoms with Gasteiger partial charge in [-0.1, -0.05) is 23.9 Å². The Balaban J connectivity index is 2.29. The van der Waals surface area contributed by atoms with E-state index in [-0.39, 0.29) is 0 Å². The van der Waals surface area contributed by atoms with Crippen LogP contribution in [0.15, 0.2) is 35.5 Å². The molecule has 0 fully saturated rings. The predicted molar refractivity (Wildman–Crippen MR) is 87.2 cm³/mol. The first kappa shape index (κ1) is 14.4. The summed E-state index contributed by atoms with van der Waals surface area (Å²) >= 11 is 3.73. The molecule has 100 valence electrons. The van der Waals surface area contributed by atoms with Gasteiger partial charge >= 0.3 is 0 Å². The van der Waals surface area contributed by atoms with Crippen molar-refractivity contribution in [1.82, 2.24) is 9.97 Å². The Hall–Kier alpha value is -1.02. The maximum absolute atomic E-state index is 5.83. The number of ether oxygens (including phenoxy) is 1. The molecular formula is C13H14IN3OS. The Morgan fingerprint density at radius 1 is 1.32 bits per heavy atom. The SMILES string of the molecule is CCNc1cc(Oc2ccccc2I)nc(SC)n1. The van der Waals surface area contributed by atoms with Crippen molar-refractivity contribution in [3.63, 3.8) is 0 Å². The lowest BCUT2D eigenvalue weighted by Gasteiger charge is -2.09. The second-order valence-corrected chi connectivity index (χ2v) is 5.58. The minimum Gasteiger partial charge on any atom is -0.438 e. The summed E-state index contributed by atoms with van der Waals surface area (Å²) in [5.41, 5.74) is 0. The van der Waals surface area contributed by atoms with Crippen molar-refractivity contribution in [3.8, 4) is 11.6 Å². The van der Waals surface area contributed by atoms with E-state index in [4.69, 9.17) is 4.74 Å². The number of hydrogen-bond acceptors (Lipinski definition) is 5. The second-order valence-electron chi connectivity index (χ2n) is 3.64.